The quantitative estimate of drug-likeness (QED) is 0.0673. The maximum atomic E-state index is 13.7. The Hall–Kier alpha value is -5.22. The van der Waals surface area contributed by atoms with Crippen molar-refractivity contribution in [3.8, 4) is 0 Å². The first-order chi connectivity index (χ1) is 29.9. The van der Waals surface area contributed by atoms with Crippen LogP contribution in [0.15, 0.2) is 36.4 Å². The Morgan fingerprint density at radius 3 is 1.58 bits per heavy atom. The average molecular weight is 930 g/mol. The number of carboxylic acid groups (broad SMARTS) is 1. The van der Waals surface area contributed by atoms with E-state index in [4.69, 9.17) is 12.2 Å². The minimum absolute atomic E-state index is 0. The van der Waals surface area contributed by atoms with Gasteiger partial charge in [-0.3, -0.25) is 19.2 Å². The van der Waals surface area contributed by atoms with Crippen LogP contribution in [0.1, 0.15) is 99.9 Å². The fourth-order valence-corrected chi connectivity index (χ4v) is 6.96. The molecule has 2 aliphatic rings. The summed E-state index contributed by atoms with van der Waals surface area (Å²) in [6.07, 6.45) is 6.99. The van der Waals surface area contributed by atoms with Gasteiger partial charge >= 0.3 is 5.97 Å². The van der Waals surface area contributed by atoms with Gasteiger partial charge in [0.2, 0.25) is 0 Å². The van der Waals surface area contributed by atoms with E-state index in [9.17, 15) is 28.0 Å². The lowest BCUT2D eigenvalue weighted by molar-refractivity contribution is -0.137. The normalized spacial score (nSPS) is 13.5. The molecule has 0 unspecified atom stereocenters. The number of thioether (sulfide) groups is 1. The highest BCUT2D eigenvalue weighted by Crippen LogP contribution is 2.36. The number of nitrogens with zero attached hydrogens (tertiary/aromatic N) is 2. The first-order valence-electron chi connectivity index (χ1n) is 21.4. The van der Waals surface area contributed by atoms with Crippen molar-refractivity contribution in [1.82, 2.24) is 19.8 Å². The first kappa shape index (κ1) is 54.9. The van der Waals surface area contributed by atoms with Gasteiger partial charge in [0, 0.05) is 72.6 Å². The molecule has 12 nitrogen and oxygen atoms in total. The van der Waals surface area contributed by atoms with Gasteiger partial charge in [0.25, 0.3) is 11.8 Å². The molecule has 0 saturated carbocycles. The average Bonchev–Trinajstić information content (AvgIpc) is 3.91. The molecule has 64 heavy (non-hydrogen) atoms. The van der Waals surface area contributed by atoms with Gasteiger partial charge in [0.15, 0.2) is 0 Å². The number of anilines is 3. The van der Waals surface area contributed by atoms with Gasteiger partial charge in [-0.25, -0.2) is 8.78 Å². The second kappa shape index (κ2) is 27.2. The van der Waals surface area contributed by atoms with E-state index in [1.54, 1.807) is 24.3 Å². The predicted octanol–water partition coefficient (Wildman–Crippen LogP) is 9.79. The summed E-state index contributed by atoms with van der Waals surface area (Å²) in [5.41, 5.74) is 15.9. The number of carbonyl (C=O) groups excluding carboxylic acids is 3. The maximum Gasteiger partial charge on any atom is 0.304 e. The Bertz CT molecular complexity index is 2300. The highest BCUT2D eigenvalue weighted by Gasteiger charge is 2.27. The third-order valence-electron chi connectivity index (χ3n) is 10.8. The van der Waals surface area contributed by atoms with E-state index in [1.807, 2.05) is 47.8 Å². The minimum atomic E-state index is -0.716. The number of H-pyrrole nitrogens is 2. The number of nitrogens with one attached hydrogen (secondary N) is 4. The molecule has 0 spiro atoms. The number of nitrogen functional groups attached to an aromatic ring is 1. The summed E-state index contributed by atoms with van der Waals surface area (Å²) in [5, 5.41) is 13.8. The largest absolute Gasteiger partial charge is 0.481 e. The molecule has 4 aromatic rings. The fraction of sp³-hybridized carbons (Fsp3) is 0.417. The standard InChI is InChI=1S/C23H28FN3O2.C15H14FN3O.C7H15NO2.C2H6S.CH4.ClH/c1-5-27(6-2)10-9-17(28)12-18-14(3)22(25-15(18)4)13-20-19-11-16(24)7-8-21(19)26-23(20)29;1-7-13(18-8(2)14(7)17)6-11-10-5-9(16)3-4-12(10)19-15(11)20;1-3-8(4-2)6-5-7(9)10;1-3-2;;/h7-8,11,13,25H,5-6,9-10,12H2,1-4H3,(H,26,29);3-6,18H,17H2,1-2H3,(H,19,20);3-6H2,1-2H3,(H,9,10);1-2H3;1H4;1H/b20-13-;11-6-;;;;/i;;;1D;;. The van der Waals surface area contributed by atoms with Crippen LogP contribution in [0.25, 0.3) is 23.3 Å². The molecule has 0 bridgehead atoms. The monoisotopic (exact) mass is 928 g/mol. The van der Waals surface area contributed by atoms with Gasteiger partial charge in [0.1, 0.15) is 17.4 Å². The molecular formula is C48H68ClF2N7O5S. The zero-order chi connectivity index (χ0) is 47.0. The second-order valence-electron chi connectivity index (χ2n) is 14.8. The van der Waals surface area contributed by atoms with E-state index in [1.165, 1.54) is 36.0 Å². The number of hydrogen-bond acceptors (Lipinski definition) is 8. The number of aliphatic carboxylic acids is 1. The van der Waals surface area contributed by atoms with Gasteiger partial charge in [0.05, 0.1) is 23.3 Å². The lowest BCUT2D eigenvalue weighted by Gasteiger charge is -2.17. The van der Waals surface area contributed by atoms with Crippen molar-refractivity contribution in [3.05, 3.63) is 98.6 Å². The third kappa shape index (κ3) is 15.5. The molecule has 0 fully saturated rings. The number of aryl methyl sites for hydroxylation is 2. The highest BCUT2D eigenvalue weighted by molar-refractivity contribution is 7.97. The first-order valence-corrected chi connectivity index (χ1v) is 22.1. The van der Waals surface area contributed by atoms with Crippen LogP contribution in [0, 0.1) is 39.3 Å². The molecule has 7 N–H and O–H groups in total. The van der Waals surface area contributed by atoms with Crippen molar-refractivity contribution in [1.29, 1.82) is 0 Å². The molecule has 2 aromatic heterocycles. The van der Waals surface area contributed by atoms with Crippen LogP contribution in [-0.4, -0.2) is 100 Å². The number of nitrogens with two attached hydrogens (primary N) is 1. The van der Waals surface area contributed by atoms with Gasteiger partial charge < -0.3 is 41.2 Å². The summed E-state index contributed by atoms with van der Waals surface area (Å²) in [7, 11) is 0. The molecule has 0 atom stereocenters. The van der Waals surface area contributed by atoms with Crippen molar-refractivity contribution >= 4 is 88.1 Å². The fourth-order valence-electron chi connectivity index (χ4n) is 6.96. The number of fused-ring (bicyclic) bond motifs is 2. The molecule has 0 saturated heterocycles. The van der Waals surface area contributed by atoms with Crippen molar-refractivity contribution in [2.45, 2.75) is 82.1 Å². The number of benzene rings is 2. The van der Waals surface area contributed by atoms with Gasteiger partial charge in [-0.15, -0.1) is 12.4 Å². The molecular weight excluding hydrogens is 860 g/mol. The summed E-state index contributed by atoms with van der Waals surface area (Å²) >= 11 is 1.52. The molecule has 2 aliphatic heterocycles. The molecule has 4 heterocycles. The number of ketones is 1. The molecule has 16 heteroatoms. The number of aromatic nitrogens is 2. The molecule has 6 rings (SSSR count). The molecule has 2 amide bonds. The van der Waals surface area contributed by atoms with Crippen molar-refractivity contribution in [2.24, 2.45) is 0 Å². The van der Waals surface area contributed by atoms with Crippen molar-refractivity contribution in [2.75, 3.05) is 68.1 Å². The van der Waals surface area contributed by atoms with Crippen LogP contribution in [-0.2, 0) is 25.6 Å². The van der Waals surface area contributed by atoms with Crippen LogP contribution in [0.5, 0.6) is 0 Å². The maximum absolute atomic E-state index is 13.7. The summed E-state index contributed by atoms with van der Waals surface area (Å²) in [6.45, 7) is 21.1. The number of carbonyl (C=O) groups is 4. The van der Waals surface area contributed by atoms with Crippen molar-refractivity contribution < 1.29 is 34.4 Å². The van der Waals surface area contributed by atoms with E-state index in [0.29, 0.717) is 65.0 Å². The zero-order valence-corrected chi connectivity index (χ0v) is 39.4. The van der Waals surface area contributed by atoms with Crippen LogP contribution in [0.4, 0.5) is 25.8 Å². The van der Waals surface area contributed by atoms with E-state index in [-0.39, 0.29) is 55.5 Å². The summed E-state index contributed by atoms with van der Waals surface area (Å²) < 4.78 is 33.4. The zero-order valence-electron chi connectivity index (χ0n) is 38.8. The Balaban J connectivity index is 0.000000508. The number of carboxylic acids is 1. The second-order valence-corrected chi connectivity index (χ2v) is 15.4. The summed E-state index contributed by atoms with van der Waals surface area (Å²) in [4.78, 5) is 57.7. The van der Waals surface area contributed by atoms with Crippen LogP contribution in [0.3, 0.4) is 0 Å². The van der Waals surface area contributed by atoms with Crippen molar-refractivity contribution in [3.63, 3.8) is 0 Å². The SMILES string of the molecule is C.CCN(CC)CCC(=O)Cc1c(C)[nH]c(/C=C2\C(=O)Nc3ccc(F)cc32)c1C.CCN(CC)CCC(=O)O.Cc1[nH]c(/C=C2\C(=O)Nc3ccc(F)cc32)c(C)c1N.Cl.[2H]CSC. The minimum Gasteiger partial charge on any atom is -0.481 e. The summed E-state index contributed by atoms with van der Waals surface area (Å²) in [6, 6.07) is 8.49. The number of rotatable bonds is 14. The lowest BCUT2D eigenvalue weighted by Crippen LogP contribution is -2.26. The molecule has 2 aromatic carbocycles. The Kier molecular flexibility index (Phi) is 23.3. The van der Waals surface area contributed by atoms with Crippen LogP contribution in [0.2, 0.25) is 0 Å². The lowest BCUT2D eigenvalue weighted by atomic mass is 10.0. The molecule has 0 aliphatic carbocycles. The Morgan fingerprint density at radius 1 is 0.766 bits per heavy atom. The number of Topliss-reactive ketones (excluding diaryl/α,β-unsaturated/α-hetero) is 1. The topological polar surface area (TPSA) is 177 Å². The predicted molar refractivity (Wildman–Crippen MR) is 265 cm³/mol. The van der Waals surface area contributed by atoms with Crippen LogP contribution >= 0.6 is 24.2 Å². The number of halogens is 3. The molecule has 352 valence electrons. The number of amides is 2. The summed E-state index contributed by atoms with van der Waals surface area (Å²) in [5.74, 6) is -1.76. The smallest absolute Gasteiger partial charge is 0.304 e. The number of hydrogen-bond donors (Lipinski definition) is 6. The Morgan fingerprint density at radius 2 is 1.19 bits per heavy atom. The van der Waals surface area contributed by atoms with Gasteiger partial charge in [-0.2, -0.15) is 11.8 Å². The third-order valence-corrected chi connectivity index (χ3v) is 10.8. The van der Waals surface area contributed by atoms with E-state index < -0.39 is 5.97 Å². The van der Waals surface area contributed by atoms with Gasteiger partial charge in [-0.05, 0) is 132 Å². The molecule has 0 radical (unpaired) electrons. The van der Waals surface area contributed by atoms with E-state index >= 15 is 0 Å². The highest BCUT2D eigenvalue weighted by atomic mass is 35.5. The van der Waals surface area contributed by atoms with Crippen LogP contribution < -0.4 is 16.4 Å². The van der Waals surface area contributed by atoms with Gasteiger partial charge in [-0.1, -0.05) is 35.1 Å². The number of aromatic amines is 2. The van der Waals surface area contributed by atoms with E-state index in [0.717, 1.165) is 72.2 Å². The van der Waals surface area contributed by atoms with E-state index in [2.05, 4.69) is 44.2 Å². The Labute approximate surface area is 389 Å².